The van der Waals surface area contributed by atoms with Gasteiger partial charge in [0.15, 0.2) is 0 Å². The summed E-state index contributed by atoms with van der Waals surface area (Å²) in [4.78, 5) is 0. The van der Waals surface area contributed by atoms with Gasteiger partial charge in [-0.3, -0.25) is 0 Å². The molecule has 0 radical (unpaired) electrons. The predicted molar refractivity (Wildman–Crippen MR) is 31.7 cm³/mol. The Bertz CT molecular complexity index is 169. The van der Waals surface area contributed by atoms with Crippen LogP contribution in [-0.2, 0) is 16.5 Å². The van der Waals surface area contributed by atoms with E-state index in [9.17, 15) is 0 Å². The van der Waals surface area contributed by atoms with Crippen LogP contribution in [0, 0.1) is 13.0 Å². The fourth-order valence-electron chi connectivity index (χ4n) is 0.564. The van der Waals surface area contributed by atoms with Gasteiger partial charge in [-0.15, -0.1) is 12.1 Å². The molecule has 0 amide bonds. The van der Waals surface area contributed by atoms with Crippen molar-refractivity contribution in [2.24, 2.45) is 0 Å². The van der Waals surface area contributed by atoms with Gasteiger partial charge in [0, 0.05) is 22.2 Å². The fraction of sp³-hybridized carbons (Fsp3) is 0.143. The Morgan fingerprint density at radius 3 is 2.56 bits per heavy atom. The number of phenols is 1. The Kier molecular flexibility index (Phi) is 3.33. The van der Waals surface area contributed by atoms with Crippen LogP contribution in [0.5, 0.6) is 5.75 Å². The molecule has 0 unspecified atom stereocenters. The number of rotatable bonds is 0. The molecule has 0 aliphatic rings. The number of phenolic OH excluding ortho intramolecular Hbond substituents is 1. The maximum atomic E-state index is 8.76. The number of benzene rings is 1. The second-order valence-corrected chi connectivity index (χ2v) is 1.75. The Balaban J connectivity index is 0.000000640. The van der Waals surface area contributed by atoms with Gasteiger partial charge < -0.3 is 5.11 Å². The second kappa shape index (κ2) is 3.52. The number of aromatic hydroxyl groups is 1. The summed E-state index contributed by atoms with van der Waals surface area (Å²) in [5.74, 6) is 0.213. The van der Waals surface area contributed by atoms with Crippen molar-refractivity contribution in [3.8, 4) is 5.75 Å². The summed E-state index contributed by atoms with van der Waals surface area (Å²) in [5, 5.41) is 8.76. The maximum absolute atomic E-state index is 8.76. The minimum atomic E-state index is 0. The Morgan fingerprint density at radius 2 is 2.22 bits per heavy atom. The second-order valence-electron chi connectivity index (χ2n) is 1.75. The van der Waals surface area contributed by atoms with Gasteiger partial charge in [0.2, 0.25) is 0 Å². The van der Waals surface area contributed by atoms with Crippen LogP contribution in [0.15, 0.2) is 18.2 Å². The van der Waals surface area contributed by atoms with E-state index in [2.05, 4.69) is 6.07 Å². The van der Waals surface area contributed by atoms with Crippen LogP contribution in [0.25, 0.3) is 0 Å². The van der Waals surface area contributed by atoms with Crippen molar-refractivity contribution in [3.63, 3.8) is 0 Å². The molecule has 0 saturated heterocycles. The van der Waals surface area contributed by atoms with Crippen LogP contribution >= 0.6 is 0 Å². The van der Waals surface area contributed by atoms with Crippen molar-refractivity contribution in [3.05, 3.63) is 29.8 Å². The van der Waals surface area contributed by atoms with E-state index in [1.165, 1.54) is 0 Å². The monoisotopic (exact) mass is 165 g/mol. The van der Waals surface area contributed by atoms with Crippen molar-refractivity contribution >= 4 is 0 Å². The normalized spacial score (nSPS) is 8.11. The topological polar surface area (TPSA) is 20.2 Å². The average Bonchev–Trinajstić information content (AvgIpc) is 1.64. The van der Waals surface area contributed by atoms with E-state index in [4.69, 9.17) is 5.11 Å². The first-order valence-electron chi connectivity index (χ1n) is 2.46. The molecule has 1 nitrogen and oxygen atoms in total. The summed E-state index contributed by atoms with van der Waals surface area (Å²) in [6.45, 7) is 1.92. The van der Waals surface area contributed by atoms with Crippen LogP contribution < -0.4 is 0 Å². The van der Waals surface area contributed by atoms with E-state index in [1.807, 2.05) is 13.0 Å². The molecule has 0 atom stereocenters. The third-order valence-electron chi connectivity index (χ3n) is 0.942. The maximum Gasteiger partial charge on any atom is 0.00422 e. The molecule has 52 valence electrons. The standard InChI is InChI=1S/C7H7O.Ni/c1-6-3-2-4-7(8)5-6;/h2-3,5,8H,1H3;/q-1;. The predicted octanol–water partition coefficient (Wildman–Crippen LogP) is 1.50. The molecule has 0 aromatic heterocycles. The summed E-state index contributed by atoms with van der Waals surface area (Å²) in [7, 11) is 0. The van der Waals surface area contributed by atoms with Gasteiger partial charge in [-0.2, -0.15) is 17.7 Å². The first kappa shape index (κ1) is 8.51. The van der Waals surface area contributed by atoms with Crippen molar-refractivity contribution < 1.29 is 21.6 Å². The Hall–Kier alpha value is -0.486. The molecular weight excluding hydrogens is 159 g/mol. The average molecular weight is 166 g/mol. The zero-order valence-corrected chi connectivity index (χ0v) is 5.98. The van der Waals surface area contributed by atoms with Gasteiger partial charge in [-0.25, -0.2) is 0 Å². The first-order chi connectivity index (χ1) is 3.79. The first-order valence-corrected chi connectivity index (χ1v) is 2.46. The van der Waals surface area contributed by atoms with Crippen LogP contribution in [0.3, 0.4) is 0 Å². The van der Waals surface area contributed by atoms with Gasteiger partial charge in [0.1, 0.15) is 0 Å². The van der Waals surface area contributed by atoms with E-state index in [0.29, 0.717) is 0 Å². The van der Waals surface area contributed by atoms with Crippen LogP contribution in [0.2, 0.25) is 0 Å². The van der Waals surface area contributed by atoms with Crippen molar-refractivity contribution in [2.75, 3.05) is 0 Å². The minimum Gasteiger partial charge on any atom is -0.534 e. The zero-order valence-electron chi connectivity index (χ0n) is 5.00. The summed E-state index contributed by atoms with van der Waals surface area (Å²) in [6.07, 6.45) is 0. The molecule has 1 aromatic rings. The van der Waals surface area contributed by atoms with Gasteiger partial charge in [0.25, 0.3) is 0 Å². The molecule has 0 saturated carbocycles. The summed E-state index contributed by atoms with van der Waals surface area (Å²) < 4.78 is 0. The van der Waals surface area contributed by atoms with Gasteiger partial charge >= 0.3 is 0 Å². The summed E-state index contributed by atoms with van der Waals surface area (Å²) >= 11 is 0. The molecule has 1 rings (SSSR count). The smallest absolute Gasteiger partial charge is 0.00422 e. The molecule has 9 heavy (non-hydrogen) atoms. The summed E-state index contributed by atoms with van der Waals surface area (Å²) in [6, 6.07) is 7.88. The molecule has 0 aliphatic carbocycles. The molecule has 0 heterocycles. The minimum absolute atomic E-state index is 0. The van der Waals surface area contributed by atoms with E-state index >= 15 is 0 Å². The Morgan fingerprint density at radius 1 is 1.56 bits per heavy atom. The largest absolute Gasteiger partial charge is 0.534 e. The molecule has 0 bridgehead atoms. The Labute approximate surface area is 64.6 Å². The quantitative estimate of drug-likeness (QED) is 0.457. The van der Waals surface area contributed by atoms with Crippen LogP contribution in [0.4, 0.5) is 0 Å². The number of hydrogen-bond acceptors (Lipinski definition) is 1. The van der Waals surface area contributed by atoms with Gasteiger partial charge in [-0.1, -0.05) is 6.92 Å². The molecule has 1 aromatic carbocycles. The number of aryl methyl sites for hydroxylation is 1. The fourth-order valence-corrected chi connectivity index (χ4v) is 0.564. The van der Waals surface area contributed by atoms with E-state index in [-0.39, 0.29) is 22.2 Å². The van der Waals surface area contributed by atoms with E-state index < -0.39 is 0 Å². The third kappa shape index (κ3) is 2.52. The molecule has 0 aliphatic heterocycles. The molecule has 0 spiro atoms. The van der Waals surface area contributed by atoms with E-state index in [1.54, 1.807) is 12.1 Å². The third-order valence-corrected chi connectivity index (χ3v) is 0.942. The van der Waals surface area contributed by atoms with Crippen molar-refractivity contribution in [1.82, 2.24) is 0 Å². The van der Waals surface area contributed by atoms with Crippen LogP contribution in [0.1, 0.15) is 5.56 Å². The SMILES string of the molecule is Cc1cc[c-]c(O)c1.[Ni]. The summed E-state index contributed by atoms with van der Waals surface area (Å²) in [5.41, 5.74) is 1.06. The molecule has 0 fully saturated rings. The van der Waals surface area contributed by atoms with Crippen molar-refractivity contribution in [1.29, 1.82) is 0 Å². The molecular formula is C7H7NiO-. The van der Waals surface area contributed by atoms with E-state index in [0.717, 1.165) is 5.56 Å². The van der Waals surface area contributed by atoms with Crippen molar-refractivity contribution in [2.45, 2.75) is 6.92 Å². The van der Waals surface area contributed by atoms with Gasteiger partial charge in [-0.05, 0) is 0 Å². The zero-order chi connectivity index (χ0) is 5.98. The number of hydrogen-bond donors (Lipinski definition) is 1. The molecule has 2 heteroatoms. The van der Waals surface area contributed by atoms with Gasteiger partial charge in [0.05, 0.1) is 0 Å². The van der Waals surface area contributed by atoms with Crippen LogP contribution in [-0.4, -0.2) is 5.11 Å². The molecule has 1 N–H and O–H groups in total.